The van der Waals surface area contributed by atoms with E-state index >= 15 is 0 Å². The van der Waals surface area contributed by atoms with Crippen molar-refractivity contribution >= 4 is 13.7 Å². The Labute approximate surface area is 290 Å². The smallest absolute Gasteiger partial charge is 0.387 e. The Balaban J connectivity index is 4.38. The first kappa shape index (κ1) is 46.0. The van der Waals surface area contributed by atoms with Gasteiger partial charge in [0, 0.05) is 6.42 Å². The fourth-order valence-electron chi connectivity index (χ4n) is 5.28. The Hall–Kier alpha value is -1.02. The summed E-state index contributed by atoms with van der Waals surface area (Å²) in [6.45, 7) is 4.71. The van der Waals surface area contributed by atoms with Gasteiger partial charge in [-0.05, 0) is 25.7 Å². The number of allylic oxidation sites excluding steroid dienone is 3. The van der Waals surface area contributed by atoms with Gasteiger partial charge in [-0.25, -0.2) is 4.57 Å². The lowest BCUT2D eigenvalue weighted by Crippen LogP contribution is -2.45. The summed E-state index contributed by atoms with van der Waals surface area (Å²) in [7, 11) is 1.55. The molecule has 3 atom stereocenters. The van der Waals surface area contributed by atoms with Crippen LogP contribution in [0, 0.1) is 0 Å². The highest BCUT2D eigenvalue weighted by Gasteiger charge is 2.27. The molecule has 0 aromatic rings. The predicted octanol–water partition coefficient (Wildman–Crippen LogP) is 9.80. The van der Waals surface area contributed by atoms with Crippen LogP contribution in [0.3, 0.4) is 0 Å². The van der Waals surface area contributed by atoms with Crippen LogP contribution in [0.2, 0.25) is 0 Å². The number of aliphatic hydroxyl groups is 1. The summed E-state index contributed by atoms with van der Waals surface area (Å²) < 4.78 is 23.4. The second kappa shape index (κ2) is 31.0. The maximum absolute atomic E-state index is 12.8. The summed E-state index contributed by atoms with van der Waals surface area (Å²) in [6, 6.07) is -0.855. The van der Waals surface area contributed by atoms with Crippen LogP contribution in [0.5, 0.6) is 0 Å². The van der Waals surface area contributed by atoms with Crippen molar-refractivity contribution in [2.45, 2.75) is 174 Å². The molecule has 278 valence electrons. The number of unbranched alkanes of at least 4 members (excludes halogenated alkanes) is 19. The fourth-order valence-corrected chi connectivity index (χ4v) is 6.01. The highest BCUT2D eigenvalue weighted by molar-refractivity contribution is 7.47. The van der Waals surface area contributed by atoms with E-state index < -0.39 is 20.0 Å². The maximum atomic E-state index is 12.8. The van der Waals surface area contributed by atoms with Gasteiger partial charge in [-0.2, -0.15) is 0 Å². The van der Waals surface area contributed by atoms with E-state index in [0.717, 1.165) is 38.5 Å². The first-order valence-corrected chi connectivity index (χ1v) is 20.7. The Kier molecular flexibility index (Phi) is 30.3. The molecule has 0 rings (SSSR count). The number of carbonyl (C=O) groups excluding carboxylic acids is 1. The number of hydrogen-bond acceptors (Lipinski definition) is 5. The first-order valence-electron chi connectivity index (χ1n) is 19.2. The third-order valence-corrected chi connectivity index (χ3v) is 9.41. The van der Waals surface area contributed by atoms with Gasteiger partial charge < -0.3 is 19.8 Å². The van der Waals surface area contributed by atoms with E-state index in [-0.39, 0.29) is 19.1 Å². The van der Waals surface area contributed by atoms with Gasteiger partial charge in [-0.3, -0.25) is 13.8 Å². The van der Waals surface area contributed by atoms with Crippen molar-refractivity contribution in [3.8, 4) is 0 Å². The molecule has 3 N–H and O–H groups in total. The number of nitrogens with zero attached hydrogens (tertiary/aromatic N) is 1. The SMILES string of the molecule is CCCC/C=C/CC/C=C/C(O)C(COP(=O)(O)OCC[N+](C)(C)C)NC(=O)CCCCCCCCCCCCCCCCCCC. The van der Waals surface area contributed by atoms with Crippen molar-refractivity contribution in [3.05, 3.63) is 24.3 Å². The summed E-state index contributed by atoms with van der Waals surface area (Å²) in [5, 5.41) is 13.6. The monoisotopic (exact) mass is 688 g/mol. The minimum absolute atomic E-state index is 0.0574. The van der Waals surface area contributed by atoms with Crippen molar-refractivity contribution in [2.75, 3.05) is 40.9 Å². The van der Waals surface area contributed by atoms with Gasteiger partial charge in [0.15, 0.2) is 0 Å². The molecule has 0 aliphatic heterocycles. The lowest BCUT2D eigenvalue weighted by Gasteiger charge is -2.25. The summed E-state index contributed by atoms with van der Waals surface area (Å²) >= 11 is 0. The first-order chi connectivity index (χ1) is 22.5. The van der Waals surface area contributed by atoms with Crippen LogP contribution >= 0.6 is 7.82 Å². The number of likely N-dealkylation sites (N-methyl/N-ethyl adjacent to an activating group) is 1. The van der Waals surface area contributed by atoms with Gasteiger partial charge in [0.25, 0.3) is 0 Å². The predicted molar refractivity (Wildman–Crippen MR) is 198 cm³/mol. The molecule has 0 aromatic heterocycles. The average molecular weight is 688 g/mol. The van der Waals surface area contributed by atoms with Crippen LogP contribution < -0.4 is 5.32 Å². The van der Waals surface area contributed by atoms with Crippen molar-refractivity contribution < 1.29 is 32.9 Å². The zero-order valence-corrected chi connectivity index (χ0v) is 32.2. The standard InChI is InChI=1S/C38H75N2O6P/c1-6-8-10-12-14-16-17-18-19-20-21-22-23-24-26-28-30-32-38(42)39-36(35-46-47(43,44)45-34-33-40(3,4)5)37(41)31-29-27-25-15-13-11-9-7-2/h13,15,29,31,36-37,41H,6-12,14,16-28,30,32-35H2,1-5H3,(H-,39,42,43,44)/p+1/b15-13+,31-29+. The van der Waals surface area contributed by atoms with Crippen LogP contribution in [-0.2, 0) is 18.4 Å². The Morgan fingerprint density at radius 3 is 1.68 bits per heavy atom. The van der Waals surface area contributed by atoms with Gasteiger partial charge in [-0.15, -0.1) is 0 Å². The molecule has 0 radical (unpaired) electrons. The molecule has 1 amide bonds. The quantitative estimate of drug-likeness (QED) is 0.0269. The van der Waals surface area contributed by atoms with Crippen molar-refractivity contribution in [1.82, 2.24) is 5.32 Å². The lowest BCUT2D eigenvalue weighted by atomic mass is 10.0. The number of hydrogen-bond donors (Lipinski definition) is 3. The summed E-state index contributed by atoms with van der Waals surface area (Å²) in [4.78, 5) is 22.9. The van der Waals surface area contributed by atoms with E-state index in [1.165, 1.54) is 103 Å². The maximum Gasteiger partial charge on any atom is 0.472 e. The number of quaternary nitrogens is 1. The van der Waals surface area contributed by atoms with Gasteiger partial charge in [0.1, 0.15) is 13.2 Å². The van der Waals surface area contributed by atoms with E-state index in [1.807, 2.05) is 27.2 Å². The van der Waals surface area contributed by atoms with Crippen LogP contribution in [0.4, 0.5) is 0 Å². The normalized spacial score (nSPS) is 15.0. The molecule has 0 fully saturated rings. The topological polar surface area (TPSA) is 105 Å². The number of phosphoric ester groups is 1. The van der Waals surface area contributed by atoms with E-state index in [4.69, 9.17) is 9.05 Å². The lowest BCUT2D eigenvalue weighted by molar-refractivity contribution is -0.870. The van der Waals surface area contributed by atoms with E-state index in [2.05, 4.69) is 31.3 Å². The number of nitrogens with one attached hydrogen (secondary N) is 1. The molecule has 3 unspecified atom stereocenters. The van der Waals surface area contributed by atoms with E-state index in [1.54, 1.807) is 6.08 Å². The number of rotatable bonds is 34. The minimum atomic E-state index is -4.33. The number of amides is 1. The van der Waals surface area contributed by atoms with Gasteiger partial charge >= 0.3 is 7.82 Å². The third-order valence-electron chi connectivity index (χ3n) is 8.42. The van der Waals surface area contributed by atoms with Gasteiger partial charge in [-0.1, -0.05) is 154 Å². The molecule has 0 spiro atoms. The van der Waals surface area contributed by atoms with E-state index in [0.29, 0.717) is 17.4 Å². The number of aliphatic hydroxyl groups excluding tert-OH is 1. The Morgan fingerprint density at radius 2 is 1.17 bits per heavy atom. The highest BCUT2D eigenvalue weighted by atomic mass is 31.2. The van der Waals surface area contributed by atoms with Crippen LogP contribution in [0.15, 0.2) is 24.3 Å². The molecule has 0 heterocycles. The van der Waals surface area contributed by atoms with Crippen LogP contribution in [0.25, 0.3) is 0 Å². The average Bonchev–Trinajstić information content (AvgIpc) is 3.01. The molecule has 0 aliphatic rings. The van der Waals surface area contributed by atoms with Gasteiger partial charge in [0.2, 0.25) is 5.91 Å². The Bertz CT molecular complexity index is 829. The molecule has 47 heavy (non-hydrogen) atoms. The van der Waals surface area contributed by atoms with E-state index in [9.17, 15) is 19.4 Å². The minimum Gasteiger partial charge on any atom is -0.387 e. The molecular formula is C38H76N2O6P+. The molecule has 0 saturated heterocycles. The molecule has 0 aromatic carbocycles. The molecule has 0 saturated carbocycles. The zero-order valence-electron chi connectivity index (χ0n) is 31.3. The molecule has 9 heteroatoms. The summed E-state index contributed by atoms with van der Waals surface area (Å²) in [5.74, 6) is -0.190. The van der Waals surface area contributed by atoms with Crippen molar-refractivity contribution in [3.63, 3.8) is 0 Å². The van der Waals surface area contributed by atoms with Crippen molar-refractivity contribution in [1.29, 1.82) is 0 Å². The number of carbonyl (C=O) groups is 1. The summed E-state index contributed by atoms with van der Waals surface area (Å²) in [5.41, 5.74) is 0. The molecular weight excluding hydrogens is 611 g/mol. The fraction of sp³-hybridized carbons (Fsp3) is 0.868. The van der Waals surface area contributed by atoms with Crippen LogP contribution in [0.1, 0.15) is 162 Å². The largest absolute Gasteiger partial charge is 0.472 e. The third kappa shape index (κ3) is 33.3. The molecule has 0 bridgehead atoms. The zero-order chi connectivity index (χ0) is 35.1. The summed E-state index contributed by atoms with van der Waals surface area (Å²) in [6.07, 6.45) is 34.0. The highest BCUT2D eigenvalue weighted by Crippen LogP contribution is 2.43. The Morgan fingerprint density at radius 1 is 0.702 bits per heavy atom. The molecule has 8 nitrogen and oxygen atoms in total. The number of phosphoric acid groups is 1. The van der Waals surface area contributed by atoms with Gasteiger partial charge in [0.05, 0.1) is 39.9 Å². The van der Waals surface area contributed by atoms with Crippen LogP contribution in [-0.4, -0.2) is 73.4 Å². The van der Waals surface area contributed by atoms with Crippen molar-refractivity contribution in [2.24, 2.45) is 0 Å². The molecule has 0 aliphatic carbocycles. The second-order valence-electron chi connectivity index (χ2n) is 14.3. The second-order valence-corrected chi connectivity index (χ2v) is 15.8.